The highest BCUT2D eigenvalue weighted by Gasteiger charge is 2.04. The quantitative estimate of drug-likeness (QED) is 0.785. The number of hydrogen-bond donors (Lipinski definition) is 1. The number of aromatic nitrogens is 2. The van der Waals surface area contributed by atoms with E-state index >= 15 is 0 Å². The van der Waals surface area contributed by atoms with Gasteiger partial charge >= 0.3 is 0 Å². The summed E-state index contributed by atoms with van der Waals surface area (Å²) in [5.41, 5.74) is 5.97. The summed E-state index contributed by atoms with van der Waals surface area (Å²) in [6.45, 7) is 5.11. The number of hydrogen-bond acceptors (Lipinski definition) is 4. The van der Waals surface area contributed by atoms with Gasteiger partial charge in [0.25, 0.3) is 0 Å². The molecule has 1 heterocycles. The van der Waals surface area contributed by atoms with Gasteiger partial charge in [0.2, 0.25) is 12.3 Å². The SMILES string of the molecule is Cc1cccc(CNc2ccc(-c3nnco3)cc2)c1C. The Balaban J connectivity index is 1.70. The third-order valence-corrected chi connectivity index (χ3v) is 3.69. The first kappa shape index (κ1) is 13.4. The first-order valence-corrected chi connectivity index (χ1v) is 6.89. The standard InChI is InChI=1S/C17H17N3O/c1-12-4-3-5-15(13(12)2)10-18-16-8-6-14(7-9-16)17-20-19-11-21-17/h3-9,11,18H,10H2,1-2H3. The molecular weight excluding hydrogens is 262 g/mol. The summed E-state index contributed by atoms with van der Waals surface area (Å²) in [6, 6.07) is 14.4. The zero-order valence-electron chi connectivity index (χ0n) is 12.1. The lowest BCUT2D eigenvalue weighted by atomic mass is 10.0. The predicted octanol–water partition coefficient (Wildman–Crippen LogP) is 3.97. The number of rotatable bonds is 4. The molecule has 0 aliphatic heterocycles. The van der Waals surface area contributed by atoms with Crippen LogP contribution in [0.2, 0.25) is 0 Å². The highest BCUT2D eigenvalue weighted by Crippen LogP contribution is 2.20. The number of nitrogens with zero attached hydrogens (tertiary/aromatic N) is 2. The van der Waals surface area contributed by atoms with E-state index in [0.717, 1.165) is 17.8 Å². The van der Waals surface area contributed by atoms with E-state index < -0.39 is 0 Å². The first-order chi connectivity index (χ1) is 10.2. The van der Waals surface area contributed by atoms with Crippen LogP contribution >= 0.6 is 0 Å². The molecule has 2 aromatic carbocycles. The average molecular weight is 279 g/mol. The maximum atomic E-state index is 5.17. The number of anilines is 1. The number of aryl methyl sites for hydroxylation is 1. The van der Waals surface area contributed by atoms with Crippen LogP contribution in [0.3, 0.4) is 0 Å². The maximum Gasteiger partial charge on any atom is 0.247 e. The minimum atomic E-state index is 0.538. The van der Waals surface area contributed by atoms with Gasteiger partial charge in [-0.25, -0.2) is 0 Å². The second-order valence-corrected chi connectivity index (χ2v) is 5.03. The van der Waals surface area contributed by atoms with E-state index in [1.807, 2.05) is 24.3 Å². The van der Waals surface area contributed by atoms with Crippen molar-refractivity contribution in [1.29, 1.82) is 0 Å². The second kappa shape index (κ2) is 5.79. The Morgan fingerprint density at radius 2 is 1.86 bits per heavy atom. The molecule has 0 saturated heterocycles. The fourth-order valence-electron chi connectivity index (χ4n) is 2.23. The van der Waals surface area contributed by atoms with Crippen LogP contribution in [0.4, 0.5) is 5.69 Å². The van der Waals surface area contributed by atoms with E-state index in [-0.39, 0.29) is 0 Å². The molecule has 3 aromatic rings. The summed E-state index contributed by atoms with van der Waals surface area (Å²) < 4.78 is 5.17. The smallest absolute Gasteiger partial charge is 0.247 e. The second-order valence-electron chi connectivity index (χ2n) is 5.03. The largest absolute Gasteiger partial charge is 0.423 e. The fourth-order valence-corrected chi connectivity index (χ4v) is 2.23. The molecule has 0 saturated carbocycles. The molecule has 106 valence electrons. The molecule has 0 bridgehead atoms. The van der Waals surface area contributed by atoms with Crippen LogP contribution in [0.1, 0.15) is 16.7 Å². The molecule has 0 unspecified atom stereocenters. The summed E-state index contributed by atoms with van der Waals surface area (Å²) in [7, 11) is 0. The molecule has 0 spiro atoms. The third kappa shape index (κ3) is 2.94. The van der Waals surface area contributed by atoms with Gasteiger partial charge in [-0.2, -0.15) is 0 Å². The van der Waals surface area contributed by atoms with Crippen molar-refractivity contribution >= 4 is 5.69 Å². The van der Waals surface area contributed by atoms with E-state index in [9.17, 15) is 0 Å². The van der Waals surface area contributed by atoms with Crippen LogP contribution in [0, 0.1) is 13.8 Å². The van der Waals surface area contributed by atoms with Crippen LogP contribution in [-0.2, 0) is 6.54 Å². The minimum Gasteiger partial charge on any atom is -0.423 e. The van der Waals surface area contributed by atoms with Gasteiger partial charge < -0.3 is 9.73 Å². The van der Waals surface area contributed by atoms with Gasteiger partial charge in [-0.15, -0.1) is 10.2 Å². The van der Waals surface area contributed by atoms with Crippen molar-refractivity contribution in [2.75, 3.05) is 5.32 Å². The summed E-state index contributed by atoms with van der Waals surface area (Å²) in [6.07, 6.45) is 1.34. The molecule has 0 fully saturated rings. The average Bonchev–Trinajstić information content (AvgIpc) is 3.04. The predicted molar refractivity (Wildman–Crippen MR) is 83.0 cm³/mol. The Morgan fingerprint density at radius 3 is 2.57 bits per heavy atom. The van der Waals surface area contributed by atoms with Crippen molar-refractivity contribution in [3.8, 4) is 11.5 Å². The Labute approximate surface area is 123 Å². The lowest BCUT2D eigenvalue weighted by Crippen LogP contribution is -2.02. The van der Waals surface area contributed by atoms with Crippen LogP contribution in [-0.4, -0.2) is 10.2 Å². The van der Waals surface area contributed by atoms with Crippen molar-refractivity contribution < 1.29 is 4.42 Å². The van der Waals surface area contributed by atoms with Crippen molar-refractivity contribution in [2.24, 2.45) is 0 Å². The topological polar surface area (TPSA) is 51.0 Å². The van der Waals surface area contributed by atoms with Gasteiger partial charge in [-0.3, -0.25) is 0 Å². The van der Waals surface area contributed by atoms with E-state index in [2.05, 4.69) is 47.6 Å². The number of benzene rings is 2. The first-order valence-electron chi connectivity index (χ1n) is 6.89. The molecule has 3 rings (SSSR count). The highest BCUT2D eigenvalue weighted by molar-refractivity contribution is 5.58. The minimum absolute atomic E-state index is 0.538. The molecule has 21 heavy (non-hydrogen) atoms. The molecule has 0 aliphatic carbocycles. The molecule has 0 atom stereocenters. The Morgan fingerprint density at radius 1 is 1.05 bits per heavy atom. The Kier molecular flexibility index (Phi) is 3.69. The van der Waals surface area contributed by atoms with Gasteiger partial charge in [0.15, 0.2) is 0 Å². The van der Waals surface area contributed by atoms with E-state index in [0.29, 0.717) is 5.89 Å². The summed E-state index contributed by atoms with van der Waals surface area (Å²) in [5.74, 6) is 0.538. The van der Waals surface area contributed by atoms with Crippen LogP contribution in [0.5, 0.6) is 0 Å². The Bertz CT molecular complexity index is 718. The zero-order valence-corrected chi connectivity index (χ0v) is 12.1. The zero-order chi connectivity index (χ0) is 14.7. The third-order valence-electron chi connectivity index (χ3n) is 3.69. The molecule has 0 radical (unpaired) electrons. The summed E-state index contributed by atoms with van der Waals surface area (Å²) in [5, 5.41) is 11.0. The van der Waals surface area contributed by atoms with Crippen LogP contribution in [0.25, 0.3) is 11.5 Å². The molecule has 0 aliphatic rings. The summed E-state index contributed by atoms with van der Waals surface area (Å²) >= 11 is 0. The molecule has 0 amide bonds. The fraction of sp³-hybridized carbons (Fsp3) is 0.176. The highest BCUT2D eigenvalue weighted by atomic mass is 16.4. The van der Waals surface area contributed by atoms with Gasteiger partial charge in [-0.05, 0) is 54.8 Å². The van der Waals surface area contributed by atoms with Gasteiger partial charge in [-0.1, -0.05) is 18.2 Å². The summed E-state index contributed by atoms with van der Waals surface area (Å²) in [4.78, 5) is 0. The number of nitrogens with one attached hydrogen (secondary N) is 1. The van der Waals surface area contributed by atoms with E-state index in [4.69, 9.17) is 4.42 Å². The van der Waals surface area contributed by atoms with Gasteiger partial charge in [0, 0.05) is 17.8 Å². The molecule has 4 nitrogen and oxygen atoms in total. The molecular formula is C17H17N3O. The van der Waals surface area contributed by atoms with Crippen LogP contribution < -0.4 is 5.32 Å². The normalized spacial score (nSPS) is 10.6. The van der Waals surface area contributed by atoms with Crippen molar-refractivity contribution in [3.63, 3.8) is 0 Å². The van der Waals surface area contributed by atoms with E-state index in [1.54, 1.807) is 0 Å². The molecule has 1 N–H and O–H groups in total. The van der Waals surface area contributed by atoms with Crippen molar-refractivity contribution in [3.05, 3.63) is 65.5 Å². The molecule has 1 aromatic heterocycles. The lowest BCUT2D eigenvalue weighted by Gasteiger charge is -2.11. The van der Waals surface area contributed by atoms with E-state index in [1.165, 1.54) is 23.1 Å². The molecule has 4 heteroatoms. The Hall–Kier alpha value is -2.62. The lowest BCUT2D eigenvalue weighted by molar-refractivity contribution is 0.568. The maximum absolute atomic E-state index is 5.17. The van der Waals surface area contributed by atoms with Gasteiger partial charge in [0.05, 0.1) is 0 Å². The van der Waals surface area contributed by atoms with Crippen molar-refractivity contribution in [1.82, 2.24) is 10.2 Å². The van der Waals surface area contributed by atoms with Crippen molar-refractivity contribution in [2.45, 2.75) is 20.4 Å². The monoisotopic (exact) mass is 279 g/mol. The van der Waals surface area contributed by atoms with Gasteiger partial charge in [0.1, 0.15) is 0 Å². The van der Waals surface area contributed by atoms with Crippen LogP contribution in [0.15, 0.2) is 53.3 Å².